The van der Waals surface area contributed by atoms with Crippen molar-refractivity contribution in [1.29, 1.82) is 0 Å². The molecular weight excluding hydrogens is 369 g/mol. The van der Waals surface area contributed by atoms with Crippen molar-refractivity contribution in [2.75, 3.05) is 6.54 Å². The number of aliphatic carboxylic acids is 1. The van der Waals surface area contributed by atoms with Crippen LogP contribution in [0, 0.1) is 0 Å². The summed E-state index contributed by atoms with van der Waals surface area (Å²) in [7, 11) is -0.479. The molecule has 0 radical (unpaired) electrons. The number of carbonyl (C=O) groups is 2. The Balaban J connectivity index is 0. The fraction of sp³-hybridized carbons (Fsp3) is 0.636. The van der Waals surface area contributed by atoms with Crippen molar-refractivity contribution >= 4 is 19.0 Å². The highest BCUT2D eigenvalue weighted by atomic mass is 16.7. The zero-order chi connectivity index (χ0) is 23.3. The summed E-state index contributed by atoms with van der Waals surface area (Å²) in [5.41, 5.74) is 0.320. The van der Waals surface area contributed by atoms with Crippen molar-refractivity contribution in [3.63, 3.8) is 0 Å². The normalized spacial score (nSPS) is 17.3. The molecule has 1 amide bonds. The SMILES string of the molecule is C=C/C(=C\C=C(/C)B1OC(C)(C)C(C)(C)O1)C(=O)NCCC(=O)O.CC.CCC. The van der Waals surface area contributed by atoms with Gasteiger partial charge in [-0.1, -0.05) is 58.9 Å². The monoisotopic (exact) mass is 409 g/mol. The lowest BCUT2D eigenvalue weighted by atomic mass is 9.79. The van der Waals surface area contributed by atoms with Gasteiger partial charge in [0.1, 0.15) is 0 Å². The Morgan fingerprint density at radius 3 is 1.90 bits per heavy atom. The molecule has 6 nitrogen and oxygen atoms in total. The fourth-order valence-corrected chi connectivity index (χ4v) is 1.95. The van der Waals surface area contributed by atoms with Gasteiger partial charge in [-0.05, 0) is 40.1 Å². The lowest BCUT2D eigenvalue weighted by Gasteiger charge is -2.32. The van der Waals surface area contributed by atoms with Crippen LogP contribution in [0.5, 0.6) is 0 Å². The van der Waals surface area contributed by atoms with E-state index >= 15 is 0 Å². The second-order valence-corrected chi connectivity index (χ2v) is 7.43. The van der Waals surface area contributed by atoms with Gasteiger partial charge in [-0.2, -0.15) is 0 Å². The van der Waals surface area contributed by atoms with Crippen LogP contribution < -0.4 is 5.32 Å². The molecule has 1 rings (SSSR count). The minimum atomic E-state index is -0.962. The van der Waals surface area contributed by atoms with Gasteiger partial charge in [0.2, 0.25) is 0 Å². The lowest BCUT2D eigenvalue weighted by Crippen LogP contribution is -2.41. The molecule has 2 N–H and O–H groups in total. The molecule has 0 atom stereocenters. The van der Waals surface area contributed by atoms with E-state index in [1.807, 2.05) is 48.5 Å². The summed E-state index contributed by atoms with van der Waals surface area (Å²) in [4.78, 5) is 22.4. The van der Waals surface area contributed by atoms with E-state index < -0.39 is 24.3 Å². The lowest BCUT2D eigenvalue weighted by molar-refractivity contribution is -0.136. The van der Waals surface area contributed by atoms with Crippen molar-refractivity contribution in [2.45, 2.75) is 86.4 Å². The van der Waals surface area contributed by atoms with E-state index in [2.05, 4.69) is 25.7 Å². The van der Waals surface area contributed by atoms with E-state index in [1.165, 1.54) is 12.5 Å². The zero-order valence-corrected chi connectivity index (χ0v) is 19.7. The molecule has 0 saturated carbocycles. The Hall–Kier alpha value is -1.86. The molecule has 1 saturated heterocycles. The van der Waals surface area contributed by atoms with Crippen LogP contribution in [-0.4, -0.2) is 41.8 Å². The molecule has 7 heteroatoms. The van der Waals surface area contributed by atoms with Crippen LogP contribution in [0.25, 0.3) is 0 Å². The summed E-state index contributed by atoms with van der Waals surface area (Å²) in [5.74, 6) is -1.33. The Kier molecular flexibility index (Phi) is 14.3. The standard InChI is InChI=1S/C17H26BNO5.C3H8.C2H6/c1-7-13(15(22)19-11-10-14(20)21)9-8-12(2)18-23-16(3,4)17(5,6)24-18;1-3-2;1-2/h7-9H,1,10-11H2,2-6H3,(H,19,22)(H,20,21);3H2,1-2H3;1-2H3/b12-8+,13-9+;;. The Morgan fingerprint density at radius 2 is 1.52 bits per heavy atom. The molecule has 0 aliphatic carbocycles. The molecule has 1 aliphatic rings. The molecule has 0 aromatic carbocycles. The van der Waals surface area contributed by atoms with Crippen molar-refractivity contribution in [3.05, 3.63) is 35.9 Å². The number of carbonyl (C=O) groups excluding carboxylic acids is 1. The van der Waals surface area contributed by atoms with Gasteiger partial charge in [-0.25, -0.2) is 0 Å². The molecule has 0 aromatic heterocycles. The second kappa shape index (κ2) is 14.2. The van der Waals surface area contributed by atoms with E-state index in [1.54, 1.807) is 12.2 Å². The number of rotatable bonds is 7. The molecule has 1 fully saturated rings. The molecular formula is C22H40BNO5. The van der Waals surface area contributed by atoms with Crippen LogP contribution in [0.15, 0.2) is 35.9 Å². The van der Waals surface area contributed by atoms with Crippen LogP contribution in [0.2, 0.25) is 0 Å². The Labute approximate surface area is 177 Å². The number of nitrogens with one attached hydrogen (secondary N) is 1. The predicted molar refractivity (Wildman–Crippen MR) is 121 cm³/mol. The largest absolute Gasteiger partial charge is 0.490 e. The maximum Gasteiger partial charge on any atom is 0.490 e. The molecule has 0 unspecified atom stereocenters. The van der Waals surface area contributed by atoms with Gasteiger partial charge in [0, 0.05) is 12.1 Å². The molecule has 166 valence electrons. The van der Waals surface area contributed by atoms with E-state index in [0.717, 1.165) is 5.47 Å². The van der Waals surface area contributed by atoms with Crippen LogP contribution >= 0.6 is 0 Å². The number of carboxylic acids is 1. The summed E-state index contributed by atoms with van der Waals surface area (Å²) in [6.07, 6.45) is 5.91. The van der Waals surface area contributed by atoms with Crippen LogP contribution in [-0.2, 0) is 18.9 Å². The third kappa shape index (κ3) is 10.5. The molecule has 0 aromatic rings. The fourth-order valence-electron chi connectivity index (χ4n) is 1.95. The first-order valence-corrected chi connectivity index (χ1v) is 10.3. The second-order valence-electron chi connectivity index (χ2n) is 7.43. The summed E-state index contributed by atoms with van der Waals surface area (Å²) >= 11 is 0. The van der Waals surface area contributed by atoms with Gasteiger partial charge in [-0.3, -0.25) is 9.59 Å². The Morgan fingerprint density at radius 1 is 1.07 bits per heavy atom. The van der Waals surface area contributed by atoms with E-state index in [4.69, 9.17) is 14.4 Å². The first-order chi connectivity index (χ1) is 13.4. The number of allylic oxidation sites excluding steroid dienone is 3. The van der Waals surface area contributed by atoms with E-state index in [9.17, 15) is 9.59 Å². The van der Waals surface area contributed by atoms with E-state index in [0.29, 0.717) is 5.57 Å². The van der Waals surface area contributed by atoms with Crippen molar-refractivity contribution < 1.29 is 24.0 Å². The van der Waals surface area contributed by atoms with Crippen LogP contribution in [0.1, 0.15) is 75.2 Å². The van der Waals surface area contributed by atoms with Crippen molar-refractivity contribution in [3.8, 4) is 0 Å². The highest BCUT2D eigenvalue weighted by Crippen LogP contribution is 2.38. The summed E-state index contributed by atoms with van der Waals surface area (Å²) in [6.45, 7) is 21.7. The first kappa shape index (κ1) is 29.3. The zero-order valence-electron chi connectivity index (χ0n) is 19.7. The van der Waals surface area contributed by atoms with Crippen LogP contribution in [0.4, 0.5) is 0 Å². The predicted octanol–water partition coefficient (Wildman–Crippen LogP) is 4.71. The van der Waals surface area contributed by atoms with Gasteiger partial charge in [0.15, 0.2) is 0 Å². The van der Waals surface area contributed by atoms with Crippen molar-refractivity contribution in [1.82, 2.24) is 5.32 Å². The van der Waals surface area contributed by atoms with E-state index in [-0.39, 0.29) is 18.9 Å². The number of carboxylic acid groups (broad SMARTS) is 1. The van der Waals surface area contributed by atoms with Gasteiger partial charge < -0.3 is 19.7 Å². The van der Waals surface area contributed by atoms with Gasteiger partial charge in [0.25, 0.3) is 5.91 Å². The topological polar surface area (TPSA) is 84.9 Å². The quantitative estimate of drug-likeness (QED) is 0.361. The molecule has 0 bridgehead atoms. The maximum atomic E-state index is 12.0. The van der Waals surface area contributed by atoms with Crippen molar-refractivity contribution in [2.24, 2.45) is 0 Å². The van der Waals surface area contributed by atoms with Crippen LogP contribution in [0.3, 0.4) is 0 Å². The number of amides is 1. The number of hydrogen-bond acceptors (Lipinski definition) is 4. The highest BCUT2D eigenvalue weighted by Gasteiger charge is 2.51. The van der Waals surface area contributed by atoms with Gasteiger partial charge in [0.05, 0.1) is 17.6 Å². The average Bonchev–Trinajstić information content (AvgIpc) is 2.85. The maximum absolute atomic E-state index is 12.0. The highest BCUT2D eigenvalue weighted by molar-refractivity contribution is 6.54. The summed E-state index contributed by atoms with van der Waals surface area (Å²) < 4.78 is 11.9. The van der Waals surface area contributed by atoms with Gasteiger partial charge >= 0.3 is 13.1 Å². The third-order valence-electron chi connectivity index (χ3n) is 4.26. The molecule has 0 spiro atoms. The van der Waals surface area contributed by atoms with Gasteiger partial charge in [-0.15, -0.1) is 0 Å². The third-order valence-corrected chi connectivity index (χ3v) is 4.26. The molecule has 1 heterocycles. The number of hydrogen-bond donors (Lipinski definition) is 2. The summed E-state index contributed by atoms with van der Waals surface area (Å²) in [6, 6.07) is 0. The summed E-state index contributed by atoms with van der Waals surface area (Å²) in [5, 5.41) is 11.1. The minimum absolute atomic E-state index is 0.0687. The average molecular weight is 409 g/mol. The minimum Gasteiger partial charge on any atom is -0.481 e. The first-order valence-electron chi connectivity index (χ1n) is 10.3. The Bertz CT molecular complexity index is 578. The smallest absolute Gasteiger partial charge is 0.481 e. The molecule has 29 heavy (non-hydrogen) atoms. The molecule has 1 aliphatic heterocycles.